The van der Waals surface area contributed by atoms with E-state index in [-0.39, 0.29) is 5.54 Å². The molecule has 20 heavy (non-hydrogen) atoms. The van der Waals surface area contributed by atoms with E-state index in [1.54, 1.807) is 0 Å². The topological polar surface area (TPSA) is 64.9 Å². The monoisotopic (exact) mass is 271 g/mol. The van der Waals surface area contributed by atoms with Gasteiger partial charge in [0.25, 0.3) is 0 Å². The van der Waals surface area contributed by atoms with E-state index in [9.17, 15) is 0 Å². The second-order valence-electron chi connectivity index (χ2n) is 6.09. The molecule has 4 nitrogen and oxygen atoms in total. The third kappa shape index (κ3) is 2.75. The lowest BCUT2D eigenvalue weighted by molar-refractivity contribution is 0.221. The summed E-state index contributed by atoms with van der Waals surface area (Å²) in [5.74, 6) is 1.41. The van der Waals surface area contributed by atoms with Crippen LogP contribution in [0.25, 0.3) is 0 Å². The maximum atomic E-state index is 6.21. The molecule has 0 atom stereocenters. The SMILES string of the molecule is Cc1ccc(Cc2noc(CC3(N)CCC3)n2)cc1C. The van der Waals surface area contributed by atoms with E-state index in [0.717, 1.165) is 18.7 Å². The van der Waals surface area contributed by atoms with Crippen LogP contribution in [0.3, 0.4) is 0 Å². The van der Waals surface area contributed by atoms with E-state index in [2.05, 4.69) is 42.2 Å². The van der Waals surface area contributed by atoms with Crippen molar-refractivity contribution < 1.29 is 4.52 Å². The molecule has 2 N–H and O–H groups in total. The molecule has 1 aliphatic carbocycles. The average molecular weight is 271 g/mol. The Balaban J connectivity index is 1.68. The second-order valence-corrected chi connectivity index (χ2v) is 6.09. The highest BCUT2D eigenvalue weighted by Crippen LogP contribution is 2.31. The molecule has 106 valence electrons. The number of aryl methyl sites for hydroxylation is 2. The highest BCUT2D eigenvalue weighted by molar-refractivity contribution is 5.31. The van der Waals surface area contributed by atoms with Crippen LogP contribution in [-0.4, -0.2) is 15.7 Å². The maximum Gasteiger partial charge on any atom is 0.228 e. The zero-order valence-electron chi connectivity index (χ0n) is 12.1. The molecule has 0 saturated heterocycles. The molecule has 1 fully saturated rings. The third-order valence-electron chi connectivity index (χ3n) is 4.30. The van der Waals surface area contributed by atoms with Crippen LogP contribution in [0.4, 0.5) is 0 Å². The van der Waals surface area contributed by atoms with Crippen LogP contribution >= 0.6 is 0 Å². The van der Waals surface area contributed by atoms with Crippen molar-refractivity contribution in [2.24, 2.45) is 5.73 Å². The van der Waals surface area contributed by atoms with Crippen LogP contribution in [0, 0.1) is 13.8 Å². The molecular weight excluding hydrogens is 250 g/mol. The van der Waals surface area contributed by atoms with Crippen molar-refractivity contribution in [1.82, 2.24) is 10.1 Å². The number of aromatic nitrogens is 2. The number of rotatable bonds is 4. The summed E-state index contributed by atoms with van der Waals surface area (Å²) in [7, 11) is 0. The maximum absolute atomic E-state index is 6.21. The number of benzene rings is 1. The summed E-state index contributed by atoms with van der Waals surface area (Å²) in [6, 6.07) is 6.44. The molecule has 0 aliphatic heterocycles. The predicted octanol–water partition coefficient (Wildman–Crippen LogP) is 2.70. The van der Waals surface area contributed by atoms with Crippen molar-refractivity contribution in [2.75, 3.05) is 0 Å². The number of nitrogens with zero attached hydrogens (tertiary/aromatic N) is 2. The fourth-order valence-corrected chi connectivity index (χ4v) is 2.64. The smallest absolute Gasteiger partial charge is 0.228 e. The van der Waals surface area contributed by atoms with Crippen LogP contribution in [-0.2, 0) is 12.8 Å². The Hall–Kier alpha value is -1.68. The molecule has 2 aromatic rings. The lowest BCUT2D eigenvalue weighted by Crippen LogP contribution is -2.48. The summed E-state index contributed by atoms with van der Waals surface area (Å²) in [6.07, 6.45) is 4.74. The van der Waals surface area contributed by atoms with E-state index >= 15 is 0 Å². The van der Waals surface area contributed by atoms with E-state index in [1.807, 2.05) is 0 Å². The highest BCUT2D eigenvalue weighted by atomic mass is 16.5. The standard InChI is InChI=1S/C16H21N3O/c1-11-4-5-13(8-12(11)2)9-14-18-15(20-19-14)10-16(17)6-3-7-16/h4-5,8H,3,6-7,9-10,17H2,1-2H3. The Morgan fingerprint density at radius 1 is 1.25 bits per heavy atom. The number of hydrogen-bond donors (Lipinski definition) is 1. The van der Waals surface area contributed by atoms with Gasteiger partial charge in [0, 0.05) is 18.4 Å². The van der Waals surface area contributed by atoms with Gasteiger partial charge in [0.1, 0.15) is 0 Å². The molecule has 1 aromatic carbocycles. The predicted molar refractivity (Wildman–Crippen MR) is 77.5 cm³/mol. The van der Waals surface area contributed by atoms with E-state index in [0.29, 0.717) is 18.7 Å². The van der Waals surface area contributed by atoms with Crippen molar-refractivity contribution in [1.29, 1.82) is 0 Å². The van der Waals surface area contributed by atoms with Gasteiger partial charge in [-0.1, -0.05) is 23.4 Å². The fraction of sp³-hybridized carbons (Fsp3) is 0.500. The first-order chi connectivity index (χ1) is 9.54. The molecule has 1 aliphatic rings. The molecular formula is C16H21N3O. The zero-order chi connectivity index (χ0) is 14.2. The number of nitrogens with two attached hydrogens (primary N) is 1. The Labute approximate surface area is 119 Å². The molecule has 0 unspecified atom stereocenters. The first kappa shape index (κ1) is 13.3. The molecule has 4 heteroatoms. The summed E-state index contributed by atoms with van der Waals surface area (Å²) in [5.41, 5.74) is 9.91. The van der Waals surface area contributed by atoms with Gasteiger partial charge in [-0.2, -0.15) is 4.98 Å². The van der Waals surface area contributed by atoms with Gasteiger partial charge < -0.3 is 10.3 Å². The van der Waals surface area contributed by atoms with Gasteiger partial charge in [-0.3, -0.25) is 0 Å². The van der Waals surface area contributed by atoms with Crippen LogP contribution < -0.4 is 5.73 Å². The minimum atomic E-state index is -0.107. The number of hydrogen-bond acceptors (Lipinski definition) is 4. The highest BCUT2D eigenvalue weighted by Gasteiger charge is 2.34. The Morgan fingerprint density at radius 3 is 2.70 bits per heavy atom. The second kappa shape index (κ2) is 5.02. The van der Waals surface area contributed by atoms with Crippen molar-refractivity contribution >= 4 is 0 Å². The fourth-order valence-electron chi connectivity index (χ4n) is 2.64. The zero-order valence-corrected chi connectivity index (χ0v) is 12.1. The minimum absolute atomic E-state index is 0.107. The van der Waals surface area contributed by atoms with Gasteiger partial charge in [0.05, 0.1) is 0 Å². The van der Waals surface area contributed by atoms with E-state index < -0.39 is 0 Å². The summed E-state index contributed by atoms with van der Waals surface area (Å²) < 4.78 is 5.32. The lowest BCUT2D eigenvalue weighted by Gasteiger charge is -2.36. The molecule has 0 radical (unpaired) electrons. The third-order valence-corrected chi connectivity index (χ3v) is 4.30. The molecule has 0 amide bonds. The molecule has 1 saturated carbocycles. The van der Waals surface area contributed by atoms with Crippen LogP contribution in [0.2, 0.25) is 0 Å². The van der Waals surface area contributed by atoms with Gasteiger partial charge in [-0.15, -0.1) is 0 Å². The molecule has 1 heterocycles. The lowest BCUT2D eigenvalue weighted by atomic mass is 9.75. The van der Waals surface area contributed by atoms with Crippen molar-refractivity contribution in [2.45, 2.75) is 51.5 Å². The van der Waals surface area contributed by atoms with E-state index in [1.165, 1.54) is 23.1 Å². The van der Waals surface area contributed by atoms with E-state index in [4.69, 9.17) is 10.3 Å². The summed E-state index contributed by atoms with van der Waals surface area (Å²) in [5, 5.41) is 4.06. The van der Waals surface area contributed by atoms with Gasteiger partial charge >= 0.3 is 0 Å². The Kier molecular flexibility index (Phi) is 3.34. The van der Waals surface area contributed by atoms with Crippen molar-refractivity contribution in [3.05, 3.63) is 46.6 Å². The first-order valence-corrected chi connectivity index (χ1v) is 7.21. The van der Waals surface area contributed by atoms with Gasteiger partial charge in [0.2, 0.25) is 5.89 Å². The van der Waals surface area contributed by atoms with Crippen molar-refractivity contribution in [3.8, 4) is 0 Å². The van der Waals surface area contributed by atoms with Gasteiger partial charge in [0.15, 0.2) is 5.82 Å². The summed E-state index contributed by atoms with van der Waals surface area (Å²) in [4.78, 5) is 4.47. The summed E-state index contributed by atoms with van der Waals surface area (Å²) >= 11 is 0. The molecule has 3 rings (SSSR count). The Bertz CT molecular complexity index is 614. The molecule has 0 spiro atoms. The Morgan fingerprint density at radius 2 is 2.05 bits per heavy atom. The van der Waals surface area contributed by atoms with Crippen LogP contribution in [0.15, 0.2) is 22.7 Å². The van der Waals surface area contributed by atoms with Gasteiger partial charge in [-0.25, -0.2) is 0 Å². The normalized spacial score (nSPS) is 16.9. The quantitative estimate of drug-likeness (QED) is 0.928. The largest absolute Gasteiger partial charge is 0.339 e. The minimum Gasteiger partial charge on any atom is -0.339 e. The average Bonchev–Trinajstić information content (AvgIpc) is 2.79. The van der Waals surface area contributed by atoms with Crippen molar-refractivity contribution in [3.63, 3.8) is 0 Å². The summed E-state index contributed by atoms with van der Waals surface area (Å²) in [6.45, 7) is 4.24. The molecule has 0 bridgehead atoms. The van der Waals surface area contributed by atoms with Gasteiger partial charge in [-0.05, 0) is 49.8 Å². The first-order valence-electron chi connectivity index (χ1n) is 7.21. The van der Waals surface area contributed by atoms with Crippen LogP contribution in [0.5, 0.6) is 0 Å². The van der Waals surface area contributed by atoms with Crippen LogP contribution in [0.1, 0.15) is 47.7 Å². The molecule has 1 aromatic heterocycles.